The Labute approximate surface area is 121 Å². The second kappa shape index (κ2) is 6.43. The van der Waals surface area contributed by atoms with Gasteiger partial charge in [-0.1, -0.05) is 0 Å². The molecule has 6 nitrogen and oxygen atoms in total. The van der Waals surface area contributed by atoms with Crippen LogP contribution in [0.25, 0.3) is 0 Å². The molecule has 0 spiro atoms. The van der Waals surface area contributed by atoms with Crippen LogP contribution in [0.4, 0.5) is 4.79 Å². The largest absolute Gasteiger partial charge is 0.444 e. The molecule has 6 heteroatoms. The first-order valence-electron chi connectivity index (χ1n) is 7.14. The number of amides is 1. The molecule has 1 amide bonds. The average Bonchev–Trinajstić information content (AvgIpc) is 2.26. The molecule has 1 aliphatic rings. The van der Waals surface area contributed by atoms with E-state index >= 15 is 0 Å². The van der Waals surface area contributed by atoms with Crippen LogP contribution >= 0.6 is 0 Å². The first-order chi connectivity index (χ1) is 9.15. The van der Waals surface area contributed by atoms with Gasteiger partial charge in [-0.3, -0.25) is 9.89 Å². The maximum atomic E-state index is 11.9. The summed E-state index contributed by atoms with van der Waals surface area (Å²) in [4.78, 5) is 18.3. The molecular formula is C14H28N4O2. The Morgan fingerprint density at radius 3 is 2.45 bits per heavy atom. The summed E-state index contributed by atoms with van der Waals surface area (Å²) in [7, 11) is 0. The maximum absolute atomic E-state index is 11.9. The number of nitrogens with one attached hydrogen (secondary N) is 1. The Hall–Kier alpha value is -1.30. The molecule has 0 aromatic rings. The average molecular weight is 284 g/mol. The monoisotopic (exact) mass is 284 g/mol. The maximum Gasteiger partial charge on any atom is 0.408 e. The van der Waals surface area contributed by atoms with Crippen molar-refractivity contribution in [1.29, 1.82) is 0 Å². The first-order valence-corrected chi connectivity index (χ1v) is 7.14. The van der Waals surface area contributed by atoms with E-state index in [1.807, 2.05) is 27.7 Å². The van der Waals surface area contributed by atoms with E-state index in [0.717, 1.165) is 25.9 Å². The number of hydrogen-bond donors (Lipinski definition) is 2. The molecule has 0 aliphatic carbocycles. The highest BCUT2D eigenvalue weighted by Crippen LogP contribution is 2.24. The minimum atomic E-state index is -0.467. The number of ether oxygens (including phenoxy) is 1. The third-order valence-corrected chi connectivity index (χ3v) is 3.53. The summed E-state index contributed by atoms with van der Waals surface area (Å²) in [6, 6.07) is 0. The van der Waals surface area contributed by atoms with E-state index in [1.165, 1.54) is 6.34 Å². The second-order valence-electron chi connectivity index (χ2n) is 6.65. The molecule has 116 valence electrons. The minimum Gasteiger partial charge on any atom is -0.444 e. The number of nitrogens with zero attached hydrogens (tertiary/aromatic N) is 2. The van der Waals surface area contributed by atoms with Gasteiger partial charge in [-0.2, -0.15) is 0 Å². The summed E-state index contributed by atoms with van der Waals surface area (Å²) < 4.78 is 5.31. The second-order valence-corrected chi connectivity index (χ2v) is 6.65. The fourth-order valence-corrected chi connectivity index (χ4v) is 2.29. The number of likely N-dealkylation sites (tertiary alicyclic amines) is 1. The van der Waals surface area contributed by atoms with Crippen molar-refractivity contribution in [3.05, 3.63) is 0 Å². The van der Waals surface area contributed by atoms with Crippen molar-refractivity contribution in [2.24, 2.45) is 10.7 Å². The highest BCUT2D eigenvalue weighted by molar-refractivity contribution is 5.68. The van der Waals surface area contributed by atoms with E-state index in [4.69, 9.17) is 10.5 Å². The number of carbonyl (C=O) groups is 1. The van der Waals surface area contributed by atoms with Gasteiger partial charge in [0.05, 0.1) is 6.34 Å². The third kappa shape index (κ3) is 5.36. The van der Waals surface area contributed by atoms with Crippen molar-refractivity contribution in [3.63, 3.8) is 0 Å². The van der Waals surface area contributed by atoms with Crippen molar-refractivity contribution in [1.82, 2.24) is 10.2 Å². The van der Waals surface area contributed by atoms with Gasteiger partial charge in [0.25, 0.3) is 0 Å². The van der Waals surface area contributed by atoms with Gasteiger partial charge in [-0.05, 0) is 47.5 Å². The molecule has 0 aromatic heterocycles. The summed E-state index contributed by atoms with van der Waals surface area (Å²) in [6.07, 6.45) is 2.83. The predicted molar refractivity (Wildman–Crippen MR) is 80.7 cm³/mol. The SMILES string of the molecule is CC(N=CN)N1CCC(C)(NC(=O)OC(C)(C)C)CC1. The standard InChI is InChI=1S/C14H28N4O2/c1-11(16-10-15)18-8-6-14(5,7-9-18)17-12(19)20-13(2,3)4/h10-11H,6-9H2,1-5H3,(H2,15,16)(H,17,19). The van der Waals surface area contributed by atoms with Crippen LogP contribution in [0.1, 0.15) is 47.5 Å². The zero-order valence-electron chi connectivity index (χ0n) is 13.3. The first kappa shape index (κ1) is 16.8. The topological polar surface area (TPSA) is 80.0 Å². The van der Waals surface area contributed by atoms with Crippen LogP contribution < -0.4 is 11.1 Å². The third-order valence-electron chi connectivity index (χ3n) is 3.53. The fraction of sp³-hybridized carbons (Fsp3) is 0.857. The lowest BCUT2D eigenvalue weighted by Crippen LogP contribution is -2.55. The van der Waals surface area contributed by atoms with Crippen molar-refractivity contribution in [2.75, 3.05) is 13.1 Å². The summed E-state index contributed by atoms with van der Waals surface area (Å²) in [5.41, 5.74) is 4.64. The Bertz CT molecular complexity index is 355. The van der Waals surface area contributed by atoms with E-state index in [9.17, 15) is 4.79 Å². The van der Waals surface area contributed by atoms with E-state index in [0.29, 0.717) is 0 Å². The minimum absolute atomic E-state index is 0.0890. The van der Waals surface area contributed by atoms with E-state index in [2.05, 4.69) is 22.1 Å². The molecule has 0 bridgehead atoms. The quantitative estimate of drug-likeness (QED) is 0.610. The van der Waals surface area contributed by atoms with Gasteiger partial charge in [-0.25, -0.2) is 4.79 Å². The lowest BCUT2D eigenvalue weighted by molar-refractivity contribution is 0.0387. The molecular weight excluding hydrogens is 256 g/mol. The van der Waals surface area contributed by atoms with Crippen LogP contribution in [0, 0.1) is 0 Å². The molecule has 1 atom stereocenters. The number of rotatable bonds is 3. The Morgan fingerprint density at radius 2 is 2.00 bits per heavy atom. The van der Waals surface area contributed by atoms with Gasteiger partial charge in [-0.15, -0.1) is 0 Å². The van der Waals surface area contributed by atoms with E-state index in [-0.39, 0.29) is 17.8 Å². The van der Waals surface area contributed by atoms with Gasteiger partial charge in [0.2, 0.25) is 0 Å². The van der Waals surface area contributed by atoms with Gasteiger partial charge in [0.15, 0.2) is 0 Å². The number of piperidine rings is 1. The highest BCUT2D eigenvalue weighted by Gasteiger charge is 2.34. The number of carbonyl (C=O) groups excluding carboxylic acids is 1. The van der Waals surface area contributed by atoms with Crippen LogP contribution in [0.2, 0.25) is 0 Å². The molecule has 3 N–H and O–H groups in total. The fourth-order valence-electron chi connectivity index (χ4n) is 2.29. The molecule has 0 aromatic carbocycles. The number of aliphatic imine (C=N–C) groups is 1. The lowest BCUT2D eigenvalue weighted by atomic mass is 9.89. The van der Waals surface area contributed by atoms with Gasteiger partial charge < -0.3 is 15.8 Å². The normalized spacial score (nSPS) is 21.6. The molecule has 1 aliphatic heterocycles. The number of alkyl carbamates (subject to hydrolysis) is 1. The van der Waals surface area contributed by atoms with Crippen molar-refractivity contribution < 1.29 is 9.53 Å². The van der Waals surface area contributed by atoms with Crippen LogP contribution in [0.3, 0.4) is 0 Å². The molecule has 0 radical (unpaired) electrons. The molecule has 0 saturated carbocycles. The summed E-state index contributed by atoms with van der Waals surface area (Å²) in [5.74, 6) is 0. The zero-order chi connectivity index (χ0) is 15.4. The van der Waals surface area contributed by atoms with Crippen molar-refractivity contribution in [3.8, 4) is 0 Å². The van der Waals surface area contributed by atoms with Crippen LogP contribution in [-0.2, 0) is 4.74 Å². The van der Waals surface area contributed by atoms with Gasteiger partial charge in [0.1, 0.15) is 11.8 Å². The molecule has 1 unspecified atom stereocenters. The molecule has 1 rings (SSSR count). The molecule has 1 saturated heterocycles. The predicted octanol–water partition coefficient (Wildman–Crippen LogP) is 1.70. The number of hydrogen-bond acceptors (Lipinski definition) is 4. The van der Waals surface area contributed by atoms with Crippen LogP contribution in [0.5, 0.6) is 0 Å². The summed E-state index contributed by atoms with van der Waals surface area (Å²) in [5, 5.41) is 2.99. The smallest absolute Gasteiger partial charge is 0.408 e. The highest BCUT2D eigenvalue weighted by atomic mass is 16.6. The van der Waals surface area contributed by atoms with Gasteiger partial charge >= 0.3 is 6.09 Å². The van der Waals surface area contributed by atoms with Crippen LogP contribution in [-0.4, -0.2) is 47.7 Å². The lowest BCUT2D eigenvalue weighted by Gasteiger charge is -2.41. The van der Waals surface area contributed by atoms with E-state index < -0.39 is 5.60 Å². The Kier molecular flexibility index (Phi) is 5.39. The summed E-state index contributed by atoms with van der Waals surface area (Å²) in [6.45, 7) is 11.4. The molecule has 1 heterocycles. The van der Waals surface area contributed by atoms with Crippen LogP contribution in [0.15, 0.2) is 4.99 Å². The Balaban J connectivity index is 2.48. The van der Waals surface area contributed by atoms with E-state index in [1.54, 1.807) is 0 Å². The summed E-state index contributed by atoms with van der Waals surface area (Å²) >= 11 is 0. The van der Waals surface area contributed by atoms with Gasteiger partial charge in [0, 0.05) is 18.6 Å². The zero-order valence-corrected chi connectivity index (χ0v) is 13.3. The number of nitrogens with two attached hydrogens (primary N) is 1. The van der Waals surface area contributed by atoms with Crippen molar-refractivity contribution >= 4 is 12.4 Å². The van der Waals surface area contributed by atoms with Crippen molar-refractivity contribution in [2.45, 2.75) is 64.8 Å². The Morgan fingerprint density at radius 1 is 1.45 bits per heavy atom. The molecule has 20 heavy (non-hydrogen) atoms. The molecule has 1 fully saturated rings.